The van der Waals surface area contributed by atoms with E-state index in [1.165, 1.54) is 22.5 Å². The third-order valence-electron chi connectivity index (χ3n) is 5.18. The highest BCUT2D eigenvalue weighted by Crippen LogP contribution is 2.39. The van der Waals surface area contributed by atoms with Gasteiger partial charge in [-0.05, 0) is 56.4 Å². The molecule has 0 aromatic heterocycles. The summed E-state index contributed by atoms with van der Waals surface area (Å²) >= 11 is 11.5. The lowest BCUT2D eigenvalue weighted by Crippen LogP contribution is -2.09. The van der Waals surface area contributed by atoms with Gasteiger partial charge in [-0.1, -0.05) is 17.7 Å². The van der Waals surface area contributed by atoms with Gasteiger partial charge in [-0.2, -0.15) is 0 Å². The molecule has 2 atom stereocenters. The van der Waals surface area contributed by atoms with Crippen molar-refractivity contribution in [3.8, 4) is 0 Å². The van der Waals surface area contributed by atoms with E-state index in [-0.39, 0.29) is 17.2 Å². The molecule has 30 heavy (non-hydrogen) atoms. The Morgan fingerprint density at radius 1 is 1.43 bits per heavy atom. The maximum absolute atomic E-state index is 14.1. The number of rotatable bonds is 5. The van der Waals surface area contributed by atoms with Crippen LogP contribution >= 0.6 is 44.5 Å². The van der Waals surface area contributed by atoms with Crippen molar-refractivity contribution in [1.82, 2.24) is 0 Å². The Morgan fingerprint density at radius 2 is 2.20 bits per heavy atom. The SMILES string of the molecule is CC(=NC1=C(C)C(c2ccc(Cl)c(C=O)c2)CCC1)SCC1=C(F)C=S(S)C=C1F. The summed E-state index contributed by atoms with van der Waals surface area (Å²) in [5, 5.41) is 3.86. The smallest absolute Gasteiger partial charge is 0.151 e. The normalized spacial score (nSPS) is 22.7. The van der Waals surface area contributed by atoms with Crippen molar-refractivity contribution in [2.24, 2.45) is 4.99 Å². The first-order valence-corrected chi connectivity index (χ1v) is 13.2. The summed E-state index contributed by atoms with van der Waals surface area (Å²) in [5.74, 6) is -0.736. The van der Waals surface area contributed by atoms with Gasteiger partial charge in [0, 0.05) is 39.3 Å². The van der Waals surface area contributed by atoms with Gasteiger partial charge < -0.3 is 0 Å². The Hall–Kier alpha value is -1.15. The Balaban J connectivity index is 1.78. The van der Waals surface area contributed by atoms with E-state index in [1.807, 2.05) is 19.1 Å². The first-order valence-electron chi connectivity index (χ1n) is 9.44. The topological polar surface area (TPSA) is 29.4 Å². The van der Waals surface area contributed by atoms with Crippen LogP contribution in [0.3, 0.4) is 0 Å². The Kier molecular flexibility index (Phi) is 8.18. The van der Waals surface area contributed by atoms with Gasteiger partial charge >= 0.3 is 0 Å². The Labute approximate surface area is 192 Å². The third kappa shape index (κ3) is 5.55. The van der Waals surface area contributed by atoms with Crippen molar-refractivity contribution in [1.29, 1.82) is 0 Å². The van der Waals surface area contributed by atoms with Crippen molar-refractivity contribution >= 4 is 61.2 Å². The number of aliphatic imine (C=N–C) groups is 1. The summed E-state index contributed by atoms with van der Waals surface area (Å²) in [6.45, 7) is 3.92. The molecular formula is C22H22ClF2NOS3. The lowest BCUT2D eigenvalue weighted by Gasteiger charge is -2.26. The lowest BCUT2D eigenvalue weighted by atomic mass is 9.81. The largest absolute Gasteiger partial charge is 0.298 e. The molecular weight excluding hydrogens is 464 g/mol. The molecule has 0 N–H and O–H groups in total. The molecule has 0 saturated heterocycles. The number of aldehydes is 1. The number of nitrogens with zero attached hydrogens (tertiary/aromatic N) is 1. The second kappa shape index (κ2) is 10.4. The quantitative estimate of drug-likeness (QED) is 0.115. The van der Waals surface area contributed by atoms with Crippen LogP contribution in [-0.4, -0.2) is 22.5 Å². The van der Waals surface area contributed by atoms with Crippen molar-refractivity contribution in [2.75, 3.05) is 5.75 Å². The minimum absolute atomic E-state index is 0.0575. The summed E-state index contributed by atoms with van der Waals surface area (Å²) in [4.78, 5) is 16.0. The maximum atomic E-state index is 14.1. The first kappa shape index (κ1) is 23.5. The van der Waals surface area contributed by atoms with E-state index >= 15 is 0 Å². The average molecular weight is 486 g/mol. The summed E-state index contributed by atoms with van der Waals surface area (Å²) in [5.41, 5.74) is 3.75. The van der Waals surface area contributed by atoms with Crippen LogP contribution in [0.5, 0.6) is 0 Å². The molecule has 1 aliphatic heterocycles. The number of allylic oxidation sites excluding steroid dienone is 4. The molecule has 1 aromatic carbocycles. The number of hydrogen-bond acceptors (Lipinski definition) is 4. The van der Waals surface area contributed by atoms with Crippen molar-refractivity contribution in [3.05, 3.63) is 68.3 Å². The van der Waals surface area contributed by atoms with Crippen LogP contribution in [0.2, 0.25) is 5.02 Å². The zero-order chi connectivity index (χ0) is 21.8. The predicted octanol–water partition coefficient (Wildman–Crippen LogP) is 7.81. The fraction of sp³-hybridized carbons (Fsp3) is 0.318. The second-order valence-electron chi connectivity index (χ2n) is 7.15. The highest BCUT2D eigenvalue weighted by molar-refractivity contribution is 8.77. The van der Waals surface area contributed by atoms with Gasteiger partial charge in [0.1, 0.15) is 11.7 Å². The van der Waals surface area contributed by atoms with E-state index in [0.717, 1.165) is 47.4 Å². The molecule has 0 bridgehead atoms. The zero-order valence-corrected chi connectivity index (χ0v) is 19.9. The molecule has 0 spiro atoms. The highest BCUT2D eigenvalue weighted by Gasteiger charge is 2.23. The molecule has 3 rings (SSSR count). The minimum atomic E-state index is -0.800. The monoisotopic (exact) mass is 485 g/mol. The van der Waals surface area contributed by atoms with Crippen LogP contribution in [0.1, 0.15) is 54.9 Å². The highest BCUT2D eigenvalue weighted by atomic mass is 35.5. The fourth-order valence-corrected chi connectivity index (χ4v) is 5.86. The number of carbonyl (C=O) groups is 1. The number of thioether (sulfide) groups is 1. The van der Waals surface area contributed by atoms with Gasteiger partial charge in [-0.25, -0.2) is 8.78 Å². The molecule has 2 aliphatic rings. The van der Waals surface area contributed by atoms with Crippen LogP contribution in [0.4, 0.5) is 8.78 Å². The van der Waals surface area contributed by atoms with Gasteiger partial charge in [-0.3, -0.25) is 9.79 Å². The number of benzene rings is 1. The Morgan fingerprint density at radius 3 is 2.90 bits per heavy atom. The molecule has 8 heteroatoms. The van der Waals surface area contributed by atoms with E-state index in [1.54, 1.807) is 6.07 Å². The first-order chi connectivity index (χ1) is 14.3. The molecule has 2 unspecified atom stereocenters. The zero-order valence-electron chi connectivity index (χ0n) is 16.6. The lowest BCUT2D eigenvalue weighted by molar-refractivity contribution is 0.112. The van der Waals surface area contributed by atoms with E-state index in [9.17, 15) is 13.6 Å². The van der Waals surface area contributed by atoms with E-state index in [2.05, 4.69) is 18.6 Å². The maximum Gasteiger partial charge on any atom is 0.151 e. The van der Waals surface area contributed by atoms with E-state index in [4.69, 9.17) is 16.6 Å². The summed E-state index contributed by atoms with van der Waals surface area (Å²) in [7, 11) is -0.800. The van der Waals surface area contributed by atoms with Gasteiger partial charge in [-0.15, -0.1) is 32.9 Å². The molecule has 2 nitrogen and oxygen atoms in total. The van der Waals surface area contributed by atoms with Crippen molar-refractivity contribution in [2.45, 2.75) is 39.0 Å². The molecule has 1 heterocycles. The molecule has 0 radical (unpaired) electrons. The summed E-state index contributed by atoms with van der Waals surface area (Å²) in [6.07, 6.45) is 3.59. The van der Waals surface area contributed by atoms with Crippen LogP contribution in [-0.2, 0) is 0 Å². The standard InChI is InChI=1S/C22H22ClF2NOS3/c1-13-17(15-6-7-19(23)16(8-15)9-27)4-3-5-22(13)26-14(2)29-10-18-20(24)11-30(28)12-21(18)25/h6-9,11-12,17,28H,3-5,10H2,1-2H3. The van der Waals surface area contributed by atoms with Crippen LogP contribution in [0.15, 0.2) is 57.1 Å². The van der Waals surface area contributed by atoms with Gasteiger partial charge in [0.2, 0.25) is 0 Å². The third-order valence-corrected chi connectivity index (χ3v) is 7.99. The number of carbonyl (C=O) groups excluding carboxylic acids is 1. The van der Waals surface area contributed by atoms with Crippen molar-refractivity contribution < 1.29 is 13.6 Å². The molecule has 0 amide bonds. The van der Waals surface area contributed by atoms with Gasteiger partial charge in [0.25, 0.3) is 0 Å². The fourth-order valence-electron chi connectivity index (χ4n) is 3.56. The average Bonchev–Trinajstić information content (AvgIpc) is 2.69. The van der Waals surface area contributed by atoms with E-state index in [0.29, 0.717) is 10.6 Å². The molecule has 1 aliphatic carbocycles. The summed E-state index contributed by atoms with van der Waals surface area (Å²) in [6, 6.07) is 5.56. The molecule has 0 saturated carbocycles. The minimum Gasteiger partial charge on any atom is -0.298 e. The second-order valence-corrected chi connectivity index (χ2v) is 11.2. The number of hydrogen-bond donors (Lipinski definition) is 1. The van der Waals surface area contributed by atoms with Crippen molar-refractivity contribution in [3.63, 3.8) is 0 Å². The van der Waals surface area contributed by atoms with E-state index < -0.39 is 21.2 Å². The van der Waals surface area contributed by atoms with Gasteiger partial charge in [0.05, 0.1) is 10.1 Å². The predicted molar refractivity (Wildman–Crippen MR) is 132 cm³/mol. The van der Waals surface area contributed by atoms with Crippen LogP contribution in [0.25, 0.3) is 0 Å². The Bertz CT molecular complexity index is 1020. The summed E-state index contributed by atoms with van der Waals surface area (Å²) < 4.78 is 28.1. The van der Waals surface area contributed by atoms with Crippen LogP contribution in [0, 0.1) is 0 Å². The van der Waals surface area contributed by atoms with Gasteiger partial charge in [0.15, 0.2) is 6.29 Å². The number of thiol groups is 1. The molecule has 0 fully saturated rings. The molecule has 160 valence electrons. The van der Waals surface area contributed by atoms with Crippen LogP contribution < -0.4 is 0 Å². The number of halogens is 3. The molecule has 1 aromatic rings.